The monoisotopic (exact) mass is 494 g/mol. The lowest BCUT2D eigenvalue weighted by molar-refractivity contribution is 0.0947. The van der Waals surface area contributed by atoms with Crippen molar-refractivity contribution in [2.75, 3.05) is 20.2 Å². The predicted octanol–water partition coefficient (Wildman–Crippen LogP) is 4.13. The van der Waals surface area contributed by atoms with Gasteiger partial charge in [-0.2, -0.15) is 4.31 Å². The second kappa shape index (κ2) is 11.5. The molecule has 1 saturated heterocycles. The van der Waals surface area contributed by atoms with Crippen LogP contribution in [0.25, 0.3) is 0 Å². The standard InChI is InChI=1S/C27H30N2O5S/c1-33-25-14-13-22(17-26(25)35(31,32)29-15-7-8-16-29)27(30)28-18-23-11-5-6-12-24(23)20-34-19-21-9-3-2-4-10-21/h2-6,9-14,17H,7-8,15-16,18-20H2,1H3,(H,28,30). The highest BCUT2D eigenvalue weighted by Crippen LogP contribution is 2.30. The zero-order valence-electron chi connectivity index (χ0n) is 19.8. The molecule has 1 heterocycles. The van der Waals surface area contributed by atoms with E-state index in [2.05, 4.69) is 5.32 Å². The molecule has 35 heavy (non-hydrogen) atoms. The van der Waals surface area contributed by atoms with E-state index in [9.17, 15) is 13.2 Å². The number of benzene rings is 3. The number of rotatable bonds is 10. The average Bonchev–Trinajstić information content (AvgIpc) is 3.44. The summed E-state index contributed by atoms with van der Waals surface area (Å²) in [5.41, 5.74) is 3.28. The lowest BCUT2D eigenvalue weighted by Crippen LogP contribution is -2.29. The predicted molar refractivity (Wildman–Crippen MR) is 134 cm³/mol. The van der Waals surface area contributed by atoms with Gasteiger partial charge >= 0.3 is 0 Å². The first-order chi connectivity index (χ1) is 17.0. The molecule has 0 saturated carbocycles. The molecule has 184 valence electrons. The first-order valence-electron chi connectivity index (χ1n) is 11.6. The van der Waals surface area contributed by atoms with Crippen LogP contribution in [0.3, 0.4) is 0 Å². The molecule has 8 heteroatoms. The summed E-state index contributed by atoms with van der Waals surface area (Å²) in [5, 5.41) is 2.91. The Morgan fingerprint density at radius 3 is 2.31 bits per heavy atom. The Balaban J connectivity index is 1.43. The van der Waals surface area contributed by atoms with Gasteiger partial charge < -0.3 is 14.8 Å². The number of hydrogen-bond acceptors (Lipinski definition) is 5. The molecule has 3 aromatic carbocycles. The van der Waals surface area contributed by atoms with Crippen LogP contribution in [0.5, 0.6) is 5.75 Å². The van der Waals surface area contributed by atoms with Crippen molar-refractivity contribution in [3.05, 3.63) is 95.1 Å². The van der Waals surface area contributed by atoms with Gasteiger partial charge in [0.2, 0.25) is 10.0 Å². The molecule has 0 atom stereocenters. The highest BCUT2D eigenvalue weighted by molar-refractivity contribution is 7.89. The first kappa shape index (κ1) is 24.9. The van der Waals surface area contributed by atoms with E-state index >= 15 is 0 Å². The zero-order valence-corrected chi connectivity index (χ0v) is 20.6. The number of sulfonamides is 1. The SMILES string of the molecule is COc1ccc(C(=O)NCc2ccccc2COCc2ccccc2)cc1S(=O)(=O)N1CCCC1. The molecule has 4 rings (SSSR count). The summed E-state index contributed by atoms with van der Waals surface area (Å²) in [5.74, 6) is -0.125. The van der Waals surface area contributed by atoms with E-state index < -0.39 is 10.0 Å². The Morgan fingerprint density at radius 2 is 1.60 bits per heavy atom. The van der Waals surface area contributed by atoms with E-state index in [1.54, 1.807) is 6.07 Å². The summed E-state index contributed by atoms with van der Waals surface area (Å²) in [6, 6.07) is 22.2. The summed E-state index contributed by atoms with van der Waals surface area (Å²) in [6.07, 6.45) is 1.66. The van der Waals surface area contributed by atoms with E-state index in [0.717, 1.165) is 29.5 Å². The van der Waals surface area contributed by atoms with E-state index in [4.69, 9.17) is 9.47 Å². The first-order valence-corrected chi connectivity index (χ1v) is 13.1. The summed E-state index contributed by atoms with van der Waals surface area (Å²) in [4.78, 5) is 13.0. The Hall–Kier alpha value is -3.20. The summed E-state index contributed by atoms with van der Waals surface area (Å²) in [7, 11) is -2.31. The molecule has 0 aliphatic carbocycles. The fourth-order valence-electron chi connectivity index (χ4n) is 4.09. The van der Waals surface area contributed by atoms with Gasteiger partial charge in [-0.05, 0) is 47.7 Å². The minimum atomic E-state index is -3.73. The number of carbonyl (C=O) groups excluding carboxylic acids is 1. The number of ether oxygens (including phenoxy) is 2. The van der Waals surface area contributed by atoms with Gasteiger partial charge in [-0.1, -0.05) is 54.6 Å². The van der Waals surface area contributed by atoms with Crippen molar-refractivity contribution >= 4 is 15.9 Å². The van der Waals surface area contributed by atoms with Crippen LogP contribution in [-0.2, 0) is 34.5 Å². The van der Waals surface area contributed by atoms with Crippen LogP contribution < -0.4 is 10.1 Å². The molecule has 0 bridgehead atoms. The molecule has 0 unspecified atom stereocenters. The van der Waals surface area contributed by atoms with Gasteiger partial charge in [-0.15, -0.1) is 0 Å². The minimum absolute atomic E-state index is 0.0178. The maximum atomic E-state index is 13.1. The molecule has 7 nitrogen and oxygen atoms in total. The molecule has 0 aromatic heterocycles. The van der Waals surface area contributed by atoms with Crippen molar-refractivity contribution in [1.29, 1.82) is 0 Å². The lowest BCUT2D eigenvalue weighted by Gasteiger charge is -2.18. The quantitative estimate of drug-likeness (QED) is 0.458. The third kappa shape index (κ3) is 6.08. The molecule has 1 N–H and O–H groups in total. The van der Waals surface area contributed by atoms with E-state index in [1.165, 1.54) is 23.5 Å². The number of nitrogens with one attached hydrogen (secondary N) is 1. The molecule has 3 aromatic rings. The zero-order chi connectivity index (χ0) is 24.7. The lowest BCUT2D eigenvalue weighted by atomic mass is 10.1. The van der Waals surface area contributed by atoms with Crippen LogP contribution in [0.15, 0.2) is 77.7 Å². The summed E-state index contributed by atoms with van der Waals surface area (Å²) < 4.78 is 38.8. The van der Waals surface area contributed by atoms with Crippen molar-refractivity contribution in [2.24, 2.45) is 0 Å². The molecule has 1 aliphatic heterocycles. The van der Waals surface area contributed by atoms with Crippen molar-refractivity contribution in [2.45, 2.75) is 37.5 Å². The van der Waals surface area contributed by atoms with Crippen molar-refractivity contribution in [3.63, 3.8) is 0 Å². The van der Waals surface area contributed by atoms with Crippen LogP contribution in [0.4, 0.5) is 0 Å². The maximum Gasteiger partial charge on any atom is 0.251 e. The van der Waals surface area contributed by atoms with Crippen LogP contribution in [0.2, 0.25) is 0 Å². The van der Waals surface area contributed by atoms with Crippen molar-refractivity contribution in [3.8, 4) is 5.75 Å². The maximum absolute atomic E-state index is 13.1. The number of hydrogen-bond donors (Lipinski definition) is 1. The van der Waals surface area contributed by atoms with E-state index in [1.807, 2.05) is 54.6 Å². The average molecular weight is 495 g/mol. The largest absolute Gasteiger partial charge is 0.495 e. The molecular formula is C27H30N2O5S. The smallest absolute Gasteiger partial charge is 0.251 e. The van der Waals surface area contributed by atoms with Crippen molar-refractivity contribution in [1.82, 2.24) is 9.62 Å². The van der Waals surface area contributed by atoms with Gasteiger partial charge in [0.05, 0.1) is 20.3 Å². The topological polar surface area (TPSA) is 84.9 Å². The van der Waals surface area contributed by atoms with Crippen LogP contribution in [0, 0.1) is 0 Å². The Kier molecular flexibility index (Phi) is 8.17. The van der Waals surface area contributed by atoms with Crippen LogP contribution in [-0.4, -0.2) is 38.8 Å². The van der Waals surface area contributed by atoms with Crippen molar-refractivity contribution < 1.29 is 22.7 Å². The number of amides is 1. The fraction of sp³-hybridized carbons (Fsp3) is 0.296. The van der Waals surface area contributed by atoms with Crippen LogP contribution in [0.1, 0.15) is 39.9 Å². The Morgan fingerprint density at radius 1 is 0.914 bits per heavy atom. The second-order valence-corrected chi connectivity index (χ2v) is 10.3. The van der Waals surface area contributed by atoms with E-state index in [0.29, 0.717) is 32.8 Å². The highest BCUT2D eigenvalue weighted by Gasteiger charge is 2.30. The molecule has 1 amide bonds. The molecule has 1 aliphatic rings. The summed E-state index contributed by atoms with van der Waals surface area (Å²) >= 11 is 0. The molecule has 0 radical (unpaired) electrons. The normalized spacial score (nSPS) is 14.1. The van der Waals surface area contributed by atoms with E-state index in [-0.39, 0.29) is 22.1 Å². The molecule has 0 spiro atoms. The third-order valence-corrected chi connectivity index (χ3v) is 7.96. The van der Waals surface area contributed by atoms with Gasteiger partial charge in [-0.25, -0.2) is 8.42 Å². The number of methoxy groups -OCH3 is 1. The third-order valence-electron chi connectivity index (χ3n) is 6.04. The summed E-state index contributed by atoms with van der Waals surface area (Å²) in [6.45, 7) is 2.17. The van der Waals surface area contributed by atoms with Gasteiger partial charge in [0, 0.05) is 25.2 Å². The van der Waals surface area contributed by atoms with Gasteiger partial charge in [0.25, 0.3) is 5.91 Å². The minimum Gasteiger partial charge on any atom is -0.495 e. The fourth-order valence-corrected chi connectivity index (χ4v) is 5.79. The Labute approximate surface area is 206 Å². The van der Waals surface area contributed by atoms with Gasteiger partial charge in [0.15, 0.2) is 0 Å². The second-order valence-electron chi connectivity index (χ2n) is 8.41. The number of carbonyl (C=O) groups is 1. The molecular weight excluding hydrogens is 464 g/mol. The highest BCUT2D eigenvalue weighted by atomic mass is 32.2. The van der Waals surface area contributed by atoms with Gasteiger partial charge in [0.1, 0.15) is 10.6 Å². The Bertz CT molecular complexity index is 1260. The number of nitrogens with zero attached hydrogens (tertiary/aromatic N) is 1. The molecule has 1 fully saturated rings. The van der Waals surface area contributed by atoms with Crippen LogP contribution >= 0.6 is 0 Å². The van der Waals surface area contributed by atoms with Gasteiger partial charge in [-0.3, -0.25) is 4.79 Å².